The first-order valence-corrected chi connectivity index (χ1v) is 7.60. The lowest BCUT2D eigenvalue weighted by molar-refractivity contribution is 0.317. The van der Waals surface area contributed by atoms with Crippen molar-refractivity contribution in [2.24, 2.45) is 5.92 Å². The molecule has 0 aromatic heterocycles. The van der Waals surface area contributed by atoms with Crippen LogP contribution in [0.15, 0.2) is 18.2 Å². The average molecular weight is 344 g/mol. The molecule has 2 atom stereocenters. The van der Waals surface area contributed by atoms with Crippen LogP contribution in [0, 0.1) is 9.49 Å². The van der Waals surface area contributed by atoms with Crippen LogP contribution in [-0.2, 0) is 0 Å². The lowest BCUT2D eigenvalue weighted by Gasteiger charge is -2.32. The number of nitrogen functional groups attached to an aromatic ring is 1. The van der Waals surface area contributed by atoms with Gasteiger partial charge in [0.2, 0.25) is 0 Å². The Balaban J connectivity index is 2.08. The van der Waals surface area contributed by atoms with Crippen LogP contribution < -0.4 is 11.1 Å². The minimum absolute atomic E-state index is 0.644. The molecule has 3 heteroatoms. The van der Waals surface area contributed by atoms with E-state index in [0.717, 1.165) is 11.6 Å². The van der Waals surface area contributed by atoms with Crippen LogP contribution in [-0.4, -0.2) is 6.04 Å². The van der Waals surface area contributed by atoms with Crippen molar-refractivity contribution in [1.29, 1.82) is 0 Å². The molecular weight excluding hydrogens is 323 g/mol. The second kappa shape index (κ2) is 5.94. The standard InChI is InChI=1S/C14H21IN2/c1-2-10-5-3-4-6-13(10)17-14-8-7-11(16)9-12(14)15/h7-10,13,17H,2-6,16H2,1H3. The normalized spacial score (nSPS) is 24.6. The molecule has 1 saturated carbocycles. The Hall–Kier alpha value is -0.450. The molecule has 0 spiro atoms. The fourth-order valence-corrected chi connectivity index (χ4v) is 3.43. The minimum atomic E-state index is 0.644. The highest BCUT2D eigenvalue weighted by atomic mass is 127. The Morgan fingerprint density at radius 1 is 1.35 bits per heavy atom. The van der Waals surface area contributed by atoms with Crippen LogP contribution in [0.5, 0.6) is 0 Å². The summed E-state index contributed by atoms with van der Waals surface area (Å²) in [5.41, 5.74) is 7.87. The summed E-state index contributed by atoms with van der Waals surface area (Å²) in [4.78, 5) is 0. The summed E-state index contributed by atoms with van der Waals surface area (Å²) in [7, 11) is 0. The van der Waals surface area contributed by atoms with Crippen molar-refractivity contribution in [3.63, 3.8) is 0 Å². The lowest BCUT2D eigenvalue weighted by Crippen LogP contribution is -2.32. The van der Waals surface area contributed by atoms with Crippen molar-refractivity contribution in [1.82, 2.24) is 0 Å². The summed E-state index contributed by atoms with van der Waals surface area (Å²) in [5, 5.41) is 3.71. The van der Waals surface area contributed by atoms with Crippen molar-refractivity contribution in [2.75, 3.05) is 11.1 Å². The van der Waals surface area contributed by atoms with Crippen molar-refractivity contribution in [3.8, 4) is 0 Å². The number of hydrogen-bond donors (Lipinski definition) is 2. The van der Waals surface area contributed by atoms with Gasteiger partial charge in [0.15, 0.2) is 0 Å². The lowest BCUT2D eigenvalue weighted by atomic mass is 9.83. The SMILES string of the molecule is CCC1CCCCC1Nc1ccc(N)cc1I. The smallest absolute Gasteiger partial charge is 0.0479 e. The number of nitrogens with two attached hydrogens (primary N) is 1. The summed E-state index contributed by atoms with van der Waals surface area (Å²) in [5.74, 6) is 0.831. The van der Waals surface area contributed by atoms with E-state index in [-0.39, 0.29) is 0 Å². The van der Waals surface area contributed by atoms with E-state index in [9.17, 15) is 0 Å². The van der Waals surface area contributed by atoms with Crippen molar-refractivity contribution in [2.45, 2.75) is 45.1 Å². The summed E-state index contributed by atoms with van der Waals surface area (Å²) in [6.07, 6.45) is 6.72. The number of rotatable bonds is 3. The third-order valence-corrected chi connectivity index (χ3v) is 4.66. The van der Waals surface area contributed by atoms with E-state index in [1.807, 2.05) is 12.1 Å². The number of benzene rings is 1. The van der Waals surface area contributed by atoms with Crippen LogP contribution in [0.1, 0.15) is 39.0 Å². The monoisotopic (exact) mass is 344 g/mol. The molecule has 0 aliphatic heterocycles. The highest BCUT2D eigenvalue weighted by Gasteiger charge is 2.23. The molecule has 1 fully saturated rings. The average Bonchev–Trinajstić information content (AvgIpc) is 2.33. The Labute approximate surface area is 117 Å². The van der Waals surface area contributed by atoms with E-state index in [1.54, 1.807) is 0 Å². The first-order chi connectivity index (χ1) is 8.20. The number of hydrogen-bond acceptors (Lipinski definition) is 2. The molecule has 1 aliphatic carbocycles. The van der Waals surface area contributed by atoms with Gasteiger partial charge in [0.05, 0.1) is 0 Å². The molecule has 1 aliphatic rings. The topological polar surface area (TPSA) is 38.0 Å². The van der Waals surface area contributed by atoms with Gasteiger partial charge in [0, 0.05) is 21.0 Å². The zero-order valence-electron chi connectivity index (χ0n) is 10.4. The molecule has 1 aromatic rings. The summed E-state index contributed by atoms with van der Waals surface area (Å²) < 4.78 is 1.23. The molecule has 2 unspecified atom stereocenters. The first kappa shape index (κ1) is 13.0. The maximum absolute atomic E-state index is 5.78. The van der Waals surface area contributed by atoms with Crippen molar-refractivity contribution < 1.29 is 0 Å². The molecule has 3 N–H and O–H groups in total. The molecule has 17 heavy (non-hydrogen) atoms. The molecule has 1 aromatic carbocycles. The fourth-order valence-electron chi connectivity index (χ4n) is 2.73. The molecular formula is C14H21IN2. The molecule has 0 heterocycles. The molecule has 2 nitrogen and oxygen atoms in total. The van der Waals surface area contributed by atoms with Crippen LogP contribution in [0.25, 0.3) is 0 Å². The molecule has 0 radical (unpaired) electrons. The largest absolute Gasteiger partial charge is 0.399 e. The van der Waals surface area contributed by atoms with Gasteiger partial charge in [-0.15, -0.1) is 0 Å². The summed E-state index contributed by atoms with van der Waals surface area (Å²) in [6.45, 7) is 2.30. The van der Waals surface area contributed by atoms with Gasteiger partial charge >= 0.3 is 0 Å². The van der Waals surface area contributed by atoms with E-state index in [4.69, 9.17) is 5.73 Å². The van der Waals surface area contributed by atoms with Gasteiger partial charge in [0.1, 0.15) is 0 Å². The van der Waals surface area contributed by atoms with Gasteiger partial charge < -0.3 is 11.1 Å². The zero-order chi connectivity index (χ0) is 12.3. The summed E-state index contributed by atoms with van der Waals surface area (Å²) in [6, 6.07) is 6.77. The van der Waals surface area contributed by atoms with Crippen molar-refractivity contribution in [3.05, 3.63) is 21.8 Å². The van der Waals surface area contributed by atoms with Gasteiger partial charge in [-0.3, -0.25) is 0 Å². The predicted octanol–water partition coefficient (Wildman–Crippen LogP) is 4.25. The quantitative estimate of drug-likeness (QED) is 0.635. The Bertz CT molecular complexity index is 378. The van der Waals surface area contributed by atoms with Gasteiger partial charge in [-0.1, -0.05) is 26.2 Å². The molecule has 94 valence electrons. The van der Waals surface area contributed by atoms with Gasteiger partial charge in [0.25, 0.3) is 0 Å². The van der Waals surface area contributed by atoms with E-state index in [2.05, 4.69) is 40.9 Å². The highest BCUT2D eigenvalue weighted by Crippen LogP contribution is 2.31. The number of anilines is 2. The Kier molecular flexibility index (Phi) is 4.54. The van der Waals surface area contributed by atoms with E-state index < -0.39 is 0 Å². The van der Waals surface area contributed by atoms with Crippen LogP contribution in [0.4, 0.5) is 11.4 Å². The Morgan fingerprint density at radius 2 is 2.12 bits per heavy atom. The van der Waals surface area contributed by atoms with Crippen LogP contribution >= 0.6 is 22.6 Å². The van der Waals surface area contributed by atoms with Gasteiger partial charge in [-0.05, 0) is 59.5 Å². The maximum Gasteiger partial charge on any atom is 0.0479 e. The van der Waals surface area contributed by atoms with Gasteiger partial charge in [-0.25, -0.2) is 0 Å². The second-order valence-corrected chi connectivity index (χ2v) is 6.11. The molecule has 0 saturated heterocycles. The molecule has 0 amide bonds. The van der Waals surface area contributed by atoms with Crippen LogP contribution in [0.3, 0.4) is 0 Å². The maximum atomic E-state index is 5.78. The molecule has 2 rings (SSSR count). The first-order valence-electron chi connectivity index (χ1n) is 6.52. The van der Waals surface area contributed by atoms with Crippen LogP contribution in [0.2, 0.25) is 0 Å². The minimum Gasteiger partial charge on any atom is -0.399 e. The predicted molar refractivity (Wildman–Crippen MR) is 83.2 cm³/mol. The Morgan fingerprint density at radius 3 is 2.82 bits per heavy atom. The second-order valence-electron chi connectivity index (χ2n) is 4.94. The van der Waals surface area contributed by atoms with E-state index in [1.165, 1.54) is 41.4 Å². The van der Waals surface area contributed by atoms with Gasteiger partial charge in [-0.2, -0.15) is 0 Å². The molecule has 0 bridgehead atoms. The summed E-state index contributed by atoms with van der Waals surface area (Å²) >= 11 is 2.36. The zero-order valence-corrected chi connectivity index (χ0v) is 12.5. The number of nitrogens with one attached hydrogen (secondary N) is 1. The van der Waals surface area contributed by atoms with Crippen molar-refractivity contribution >= 4 is 34.0 Å². The fraction of sp³-hybridized carbons (Fsp3) is 0.571. The van der Waals surface area contributed by atoms with E-state index >= 15 is 0 Å². The third-order valence-electron chi connectivity index (χ3n) is 3.77. The number of halogens is 1. The van der Waals surface area contributed by atoms with E-state index in [0.29, 0.717) is 6.04 Å². The highest BCUT2D eigenvalue weighted by molar-refractivity contribution is 14.1. The third kappa shape index (κ3) is 3.27.